The Hall–Kier alpha value is -2.95. The molecule has 0 atom stereocenters. The van der Waals surface area contributed by atoms with Crippen LogP contribution < -0.4 is 5.69 Å². The molecule has 0 aliphatic rings. The van der Waals surface area contributed by atoms with E-state index in [4.69, 9.17) is 0 Å². The average Bonchev–Trinajstić information content (AvgIpc) is 2.85. The summed E-state index contributed by atoms with van der Waals surface area (Å²) in [5.41, 5.74) is 2.23. The van der Waals surface area contributed by atoms with Crippen molar-refractivity contribution in [3.05, 3.63) is 65.1 Å². The molecule has 0 fully saturated rings. The lowest BCUT2D eigenvalue weighted by Gasteiger charge is -2.04. The first-order valence-corrected chi connectivity index (χ1v) is 6.26. The second kappa shape index (κ2) is 4.03. The number of para-hydroxylation sites is 2. The molecule has 0 saturated carbocycles. The van der Waals surface area contributed by atoms with Gasteiger partial charge in [0.1, 0.15) is 0 Å². The molecule has 5 heteroatoms. The summed E-state index contributed by atoms with van der Waals surface area (Å²) in [4.78, 5) is 22.9. The van der Waals surface area contributed by atoms with Crippen LogP contribution in [0, 0.1) is 0 Å². The summed E-state index contributed by atoms with van der Waals surface area (Å²) in [6.45, 7) is 0. The molecule has 1 N–H and O–H groups in total. The number of benzene rings is 2. The van der Waals surface area contributed by atoms with E-state index in [1.807, 2.05) is 59.0 Å². The fourth-order valence-corrected chi connectivity index (χ4v) is 2.37. The number of nitrogens with zero attached hydrogens (tertiary/aromatic N) is 3. The van der Waals surface area contributed by atoms with Gasteiger partial charge in [0.25, 0.3) is 0 Å². The highest BCUT2D eigenvalue weighted by molar-refractivity contribution is 5.81. The molecule has 0 spiro atoms. The lowest BCUT2D eigenvalue weighted by atomic mass is 10.2. The van der Waals surface area contributed by atoms with Crippen molar-refractivity contribution in [2.45, 2.75) is 0 Å². The number of hydrogen-bond donors (Lipinski definition) is 1. The summed E-state index contributed by atoms with van der Waals surface area (Å²) < 4.78 is 1.87. The predicted molar refractivity (Wildman–Crippen MR) is 76.5 cm³/mol. The first-order valence-electron chi connectivity index (χ1n) is 6.26. The van der Waals surface area contributed by atoms with E-state index < -0.39 is 5.69 Å². The third-order valence-corrected chi connectivity index (χ3v) is 3.23. The topological polar surface area (TPSA) is 63.1 Å². The fraction of sp³-hybridized carbons (Fsp3) is 0. The molecular weight excluding hydrogens is 252 g/mol. The zero-order valence-corrected chi connectivity index (χ0v) is 10.4. The zero-order chi connectivity index (χ0) is 13.5. The van der Waals surface area contributed by atoms with Crippen molar-refractivity contribution in [1.29, 1.82) is 0 Å². The maximum Gasteiger partial charge on any atom is 0.349 e. The first-order chi connectivity index (χ1) is 9.83. The molecule has 0 saturated heterocycles. The molecule has 0 bridgehead atoms. The highest BCUT2D eigenvalue weighted by Gasteiger charge is 2.11. The quantitative estimate of drug-likeness (QED) is 0.572. The first kappa shape index (κ1) is 10.9. The predicted octanol–water partition coefficient (Wildman–Crippen LogP) is 2.24. The van der Waals surface area contributed by atoms with Crippen LogP contribution in [0.4, 0.5) is 0 Å². The van der Waals surface area contributed by atoms with Gasteiger partial charge in [0.15, 0.2) is 5.82 Å². The number of hydrogen-bond acceptors (Lipinski definition) is 3. The van der Waals surface area contributed by atoms with Crippen LogP contribution in [0.2, 0.25) is 0 Å². The SMILES string of the molecule is O=c1nc(-c2ccccc2)n2c(nc3ccccc32)[nH]1. The molecule has 5 nitrogen and oxygen atoms in total. The van der Waals surface area contributed by atoms with Crippen molar-refractivity contribution in [2.75, 3.05) is 0 Å². The van der Waals surface area contributed by atoms with E-state index in [1.165, 1.54) is 0 Å². The maximum atomic E-state index is 11.7. The van der Waals surface area contributed by atoms with Crippen LogP contribution in [0.3, 0.4) is 0 Å². The van der Waals surface area contributed by atoms with E-state index in [2.05, 4.69) is 15.0 Å². The van der Waals surface area contributed by atoms with Gasteiger partial charge >= 0.3 is 5.69 Å². The van der Waals surface area contributed by atoms with Crippen LogP contribution in [-0.2, 0) is 0 Å². The minimum atomic E-state index is -0.397. The number of nitrogens with one attached hydrogen (secondary N) is 1. The number of rotatable bonds is 1. The van der Waals surface area contributed by atoms with E-state index in [1.54, 1.807) is 0 Å². The summed E-state index contributed by atoms with van der Waals surface area (Å²) in [6.07, 6.45) is 0. The molecule has 20 heavy (non-hydrogen) atoms. The summed E-state index contributed by atoms with van der Waals surface area (Å²) >= 11 is 0. The van der Waals surface area contributed by atoms with Gasteiger partial charge in [-0.25, -0.2) is 9.78 Å². The van der Waals surface area contributed by atoms with Crippen molar-refractivity contribution in [3.8, 4) is 11.4 Å². The third kappa shape index (κ3) is 1.53. The van der Waals surface area contributed by atoms with Crippen molar-refractivity contribution >= 4 is 16.8 Å². The molecule has 0 amide bonds. The van der Waals surface area contributed by atoms with Gasteiger partial charge in [0, 0.05) is 5.56 Å². The van der Waals surface area contributed by atoms with Gasteiger partial charge in [-0.15, -0.1) is 0 Å². The smallest absolute Gasteiger partial charge is 0.275 e. The standard InChI is InChI=1S/C15H10N4O/c20-15-17-13(10-6-2-1-3-7-10)19-12-9-5-4-8-11(12)16-14(19)18-15/h1-9H,(H,16,18,20). The molecule has 0 unspecified atom stereocenters. The van der Waals surface area contributed by atoms with Gasteiger partial charge in [0.05, 0.1) is 11.0 Å². The molecular formula is C15H10N4O. The van der Waals surface area contributed by atoms with Crippen LogP contribution in [-0.4, -0.2) is 19.4 Å². The summed E-state index contributed by atoms with van der Waals surface area (Å²) in [7, 11) is 0. The van der Waals surface area contributed by atoms with Crippen LogP contribution in [0.5, 0.6) is 0 Å². The average molecular weight is 262 g/mol. The van der Waals surface area contributed by atoms with Crippen LogP contribution in [0.15, 0.2) is 59.4 Å². The Bertz CT molecular complexity index is 969. The number of H-pyrrole nitrogens is 1. The van der Waals surface area contributed by atoms with Gasteiger partial charge in [-0.2, -0.15) is 4.98 Å². The largest absolute Gasteiger partial charge is 0.349 e. The summed E-state index contributed by atoms with van der Waals surface area (Å²) in [5, 5.41) is 0. The number of imidazole rings is 1. The highest BCUT2D eigenvalue weighted by atomic mass is 16.1. The molecule has 96 valence electrons. The Kier molecular flexibility index (Phi) is 2.20. The Balaban J connectivity index is 2.22. The van der Waals surface area contributed by atoms with Gasteiger partial charge in [-0.1, -0.05) is 42.5 Å². The lowest BCUT2D eigenvalue weighted by molar-refractivity contribution is 0.988. The van der Waals surface area contributed by atoms with Crippen LogP contribution in [0.1, 0.15) is 0 Å². The summed E-state index contributed by atoms with van der Waals surface area (Å²) in [5.74, 6) is 1.10. The molecule has 4 rings (SSSR count). The highest BCUT2D eigenvalue weighted by Crippen LogP contribution is 2.21. The normalized spacial score (nSPS) is 11.2. The molecule has 0 aliphatic carbocycles. The second-order valence-electron chi connectivity index (χ2n) is 4.49. The van der Waals surface area contributed by atoms with E-state index in [-0.39, 0.29) is 0 Å². The molecule has 0 aliphatic heterocycles. The summed E-state index contributed by atoms with van der Waals surface area (Å²) in [6, 6.07) is 17.4. The molecule has 2 aromatic heterocycles. The Morgan fingerprint density at radius 1 is 0.900 bits per heavy atom. The van der Waals surface area contributed by atoms with Crippen LogP contribution >= 0.6 is 0 Å². The molecule has 2 heterocycles. The van der Waals surface area contributed by atoms with Crippen molar-refractivity contribution in [1.82, 2.24) is 19.4 Å². The van der Waals surface area contributed by atoms with E-state index in [9.17, 15) is 4.79 Å². The minimum absolute atomic E-state index is 0.397. The lowest BCUT2D eigenvalue weighted by Crippen LogP contribution is -2.15. The van der Waals surface area contributed by atoms with Crippen LogP contribution in [0.25, 0.3) is 28.2 Å². The zero-order valence-electron chi connectivity index (χ0n) is 10.4. The van der Waals surface area contributed by atoms with Gasteiger partial charge in [-0.3, -0.25) is 9.38 Å². The van der Waals surface area contributed by atoms with Crippen molar-refractivity contribution in [2.24, 2.45) is 0 Å². The van der Waals surface area contributed by atoms with Gasteiger partial charge in [-0.05, 0) is 12.1 Å². The molecule has 0 radical (unpaired) electrons. The Labute approximate surface area is 113 Å². The van der Waals surface area contributed by atoms with E-state index >= 15 is 0 Å². The monoisotopic (exact) mass is 262 g/mol. The van der Waals surface area contributed by atoms with Crippen molar-refractivity contribution < 1.29 is 0 Å². The Morgan fingerprint density at radius 3 is 2.50 bits per heavy atom. The van der Waals surface area contributed by atoms with Gasteiger partial charge in [0.2, 0.25) is 5.78 Å². The number of aromatic amines is 1. The minimum Gasteiger partial charge on any atom is -0.275 e. The second-order valence-corrected chi connectivity index (χ2v) is 4.49. The molecule has 4 aromatic rings. The fourth-order valence-electron chi connectivity index (χ4n) is 2.37. The molecule has 2 aromatic carbocycles. The van der Waals surface area contributed by atoms with E-state index in [0.717, 1.165) is 16.6 Å². The number of fused-ring (bicyclic) bond motifs is 3. The number of aromatic nitrogens is 4. The van der Waals surface area contributed by atoms with Crippen molar-refractivity contribution in [3.63, 3.8) is 0 Å². The maximum absolute atomic E-state index is 11.7. The van der Waals surface area contributed by atoms with Gasteiger partial charge < -0.3 is 0 Å². The van der Waals surface area contributed by atoms with E-state index in [0.29, 0.717) is 11.6 Å². The third-order valence-electron chi connectivity index (χ3n) is 3.23. The Morgan fingerprint density at radius 2 is 1.65 bits per heavy atom.